The number of hydrogen-bond donors (Lipinski definition) is 4. The summed E-state index contributed by atoms with van der Waals surface area (Å²) in [5, 5.41) is 25.0. The van der Waals surface area contributed by atoms with Crippen LogP contribution in [0.2, 0.25) is 5.02 Å². The summed E-state index contributed by atoms with van der Waals surface area (Å²) in [4.78, 5) is 23.2. The van der Waals surface area contributed by atoms with E-state index in [4.69, 9.17) is 16.3 Å². The van der Waals surface area contributed by atoms with E-state index in [2.05, 4.69) is 20.6 Å². The van der Waals surface area contributed by atoms with Crippen LogP contribution in [0.25, 0.3) is 0 Å². The van der Waals surface area contributed by atoms with Gasteiger partial charge in [0.15, 0.2) is 0 Å². The maximum absolute atomic E-state index is 13.8. The molecule has 0 radical (unpaired) electrons. The first-order chi connectivity index (χ1) is 15.4. The zero-order valence-corrected chi connectivity index (χ0v) is 18.5. The number of methoxy groups -OCH3 is 1. The molecular formula is C21H27ClFN5O4. The van der Waals surface area contributed by atoms with Gasteiger partial charge in [-0.05, 0) is 36.1 Å². The Hall–Kier alpha value is -2.53. The Balaban J connectivity index is 1.66. The number of urea groups is 1. The Kier molecular flexibility index (Phi) is 8.57. The maximum Gasteiger partial charge on any atom is 0.318 e. The molecule has 4 N–H and O–H groups in total. The first-order valence-corrected chi connectivity index (χ1v) is 10.6. The fraction of sp³-hybridized carbons (Fsp3) is 0.476. The first kappa shape index (κ1) is 24.1. The molecule has 2 atom stereocenters. The molecule has 2 heterocycles. The molecule has 1 aliphatic heterocycles. The number of amides is 2. The van der Waals surface area contributed by atoms with Crippen LogP contribution in [0.4, 0.5) is 15.1 Å². The number of anilines is 1. The number of halogens is 2. The lowest BCUT2D eigenvalue weighted by molar-refractivity contribution is 0.174. The van der Waals surface area contributed by atoms with Crippen LogP contribution in [0.1, 0.15) is 29.3 Å². The number of nitrogens with zero attached hydrogens (tertiary/aromatic N) is 3. The van der Waals surface area contributed by atoms with Crippen molar-refractivity contribution >= 4 is 23.6 Å². The number of fused-ring (bicyclic) bond motifs is 1. The fourth-order valence-corrected chi connectivity index (χ4v) is 3.52. The molecule has 2 amide bonds. The van der Waals surface area contributed by atoms with Gasteiger partial charge in [0.2, 0.25) is 5.95 Å². The predicted octanol–water partition coefficient (Wildman–Crippen LogP) is 1.88. The van der Waals surface area contributed by atoms with Gasteiger partial charge in [-0.1, -0.05) is 17.7 Å². The SMILES string of the molecule is COCC[C@@H](CO)Nc1ncc2c(n1)CN(C(=O)N[C@H](CO)c1ccc(Cl)c(F)c1)CC2. The molecular weight excluding hydrogens is 441 g/mol. The Morgan fingerprint density at radius 2 is 2.19 bits per heavy atom. The summed E-state index contributed by atoms with van der Waals surface area (Å²) < 4.78 is 18.8. The third-order valence-corrected chi connectivity index (χ3v) is 5.59. The highest BCUT2D eigenvalue weighted by molar-refractivity contribution is 6.30. The van der Waals surface area contributed by atoms with Crippen LogP contribution >= 0.6 is 11.6 Å². The van der Waals surface area contributed by atoms with Crippen molar-refractivity contribution in [3.63, 3.8) is 0 Å². The monoisotopic (exact) mass is 467 g/mol. The number of carbonyl (C=O) groups is 1. The summed E-state index contributed by atoms with van der Waals surface area (Å²) in [6.07, 6.45) is 2.89. The highest BCUT2D eigenvalue weighted by Crippen LogP contribution is 2.22. The van der Waals surface area contributed by atoms with Crippen molar-refractivity contribution in [3.8, 4) is 0 Å². The van der Waals surface area contributed by atoms with E-state index in [0.29, 0.717) is 43.2 Å². The lowest BCUT2D eigenvalue weighted by atomic mass is 10.1. The second kappa shape index (κ2) is 11.4. The van der Waals surface area contributed by atoms with Gasteiger partial charge in [-0.2, -0.15) is 0 Å². The number of nitrogens with one attached hydrogen (secondary N) is 2. The van der Waals surface area contributed by atoms with Gasteiger partial charge in [-0.25, -0.2) is 19.2 Å². The number of ether oxygens (including phenoxy) is 1. The second-order valence-electron chi connectivity index (χ2n) is 7.50. The van der Waals surface area contributed by atoms with Crippen molar-refractivity contribution < 1.29 is 24.1 Å². The second-order valence-corrected chi connectivity index (χ2v) is 7.91. The molecule has 0 saturated heterocycles. The number of hydrogen-bond acceptors (Lipinski definition) is 7. The predicted molar refractivity (Wildman–Crippen MR) is 117 cm³/mol. The zero-order chi connectivity index (χ0) is 23.1. The summed E-state index contributed by atoms with van der Waals surface area (Å²) in [5.41, 5.74) is 2.06. The Morgan fingerprint density at radius 3 is 2.88 bits per heavy atom. The Morgan fingerprint density at radius 1 is 1.38 bits per heavy atom. The minimum atomic E-state index is -0.774. The molecule has 0 unspecified atom stereocenters. The number of benzene rings is 1. The number of carbonyl (C=O) groups excluding carboxylic acids is 1. The van der Waals surface area contributed by atoms with Crippen LogP contribution in [0, 0.1) is 5.82 Å². The molecule has 32 heavy (non-hydrogen) atoms. The molecule has 2 aromatic rings. The number of aliphatic hydroxyl groups is 2. The van der Waals surface area contributed by atoms with Crippen LogP contribution in [0.5, 0.6) is 0 Å². The van der Waals surface area contributed by atoms with E-state index in [1.54, 1.807) is 24.3 Å². The standard InChI is InChI=1S/C21H27ClFN5O4/c1-32-7-5-15(11-29)25-20-24-9-14-4-6-28(10-18(14)26-20)21(31)27-19(12-30)13-2-3-16(22)17(23)8-13/h2-3,8-9,15,19,29-30H,4-7,10-12H2,1H3,(H,27,31)(H,24,25,26)/t15-,19+/m0/s1. The largest absolute Gasteiger partial charge is 0.394 e. The van der Waals surface area contributed by atoms with Gasteiger partial charge in [-0.3, -0.25) is 0 Å². The van der Waals surface area contributed by atoms with Crippen molar-refractivity contribution in [1.82, 2.24) is 20.2 Å². The summed E-state index contributed by atoms with van der Waals surface area (Å²) in [5.74, 6) is -0.252. The van der Waals surface area contributed by atoms with E-state index < -0.39 is 24.5 Å². The van der Waals surface area contributed by atoms with Crippen LogP contribution in [0.15, 0.2) is 24.4 Å². The van der Waals surface area contributed by atoms with Crippen molar-refractivity contribution in [3.05, 3.63) is 52.1 Å². The van der Waals surface area contributed by atoms with Gasteiger partial charge in [0, 0.05) is 26.5 Å². The fourth-order valence-electron chi connectivity index (χ4n) is 3.40. The lowest BCUT2D eigenvalue weighted by Gasteiger charge is -2.30. The first-order valence-electron chi connectivity index (χ1n) is 10.3. The number of rotatable bonds is 9. The molecule has 1 aromatic heterocycles. The third-order valence-electron chi connectivity index (χ3n) is 5.28. The van der Waals surface area contributed by atoms with E-state index in [-0.39, 0.29) is 24.2 Å². The molecule has 0 spiro atoms. The van der Waals surface area contributed by atoms with Crippen molar-refractivity contribution in [1.29, 1.82) is 0 Å². The summed E-state index contributed by atoms with van der Waals surface area (Å²) in [6.45, 7) is 0.715. The van der Waals surface area contributed by atoms with Crippen LogP contribution in [-0.2, 0) is 17.7 Å². The van der Waals surface area contributed by atoms with Crippen molar-refractivity contribution in [2.75, 3.05) is 38.8 Å². The van der Waals surface area contributed by atoms with Gasteiger partial charge in [0.05, 0.1) is 42.6 Å². The van der Waals surface area contributed by atoms with Crippen LogP contribution in [0.3, 0.4) is 0 Å². The minimum absolute atomic E-state index is 0.0286. The molecule has 11 heteroatoms. The Bertz CT molecular complexity index is 935. The molecule has 0 bridgehead atoms. The van der Waals surface area contributed by atoms with Gasteiger partial charge in [0.25, 0.3) is 0 Å². The number of aliphatic hydroxyl groups excluding tert-OH is 2. The average molecular weight is 468 g/mol. The molecule has 0 aliphatic carbocycles. The van der Waals surface area contributed by atoms with E-state index in [9.17, 15) is 19.4 Å². The van der Waals surface area contributed by atoms with Crippen LogP contribution < -0.4 is 10.6 Å². The van der Waals surface area contributed by atoms with E-state index in [1.165, 1.54) is 12.1 Å². The van der Waals surface area contributed by atoms with Gasteiger partial charge < -0.3 is 30.5 Å². The highest BCUT2D eigenvalue weighted by atomic mass is 35.5. The molecule has 1 aromatic carbocycles. The smallest absolute Gasteiger partial charge is 0.318 e. The molecule has 3 rings (SSSR count). The molecule has 174 valence electrons. The van der Waals surface area contributed by atoms with Crippen molar-refractivity contribution in [2.45, 2.75) is 31.5 Å². The lowest BCUT2D eigenvalue weighted by Crippen LogP contribution is -2.45. The normalized spacial score (nSPS) is 15.1. The summed E-state index contributed by atoms with van der Waals surface area (Å²) in [7, 11) is 1.59. The molecule has 0 fully saturated rings. The maximum atomic E-state index is 13.8. The average Bonchev–Trinajstić information content (AvgIpc) is 2.81. The zero-order valence-electron chi connectivity index (χ0n) is 17.7. The summed E-state index contributed by atoms with van der Waals surface area (Å²) in [6, 6.07) is 2.72. The van der Waals surface area contributed by atoms with Crippen molar-refractivity contribution in [2.24, 2.45) is 0 Å². The molecule has 9 nitrogen and oxygen atoms in total. The van der Waals surface area contributed by atoms with Gasteiger partial charge in [-0.15, -0.1) is 0 Å². The molecule has 0 saturated carbocycles. The van der Waals surface area contributed by atoms with E-state index in [0.717, 1.165) is 5.56 Å². The topological polar surface area (TPSA) is 120 Å². The van der Waals surface area contributed by atoms with E-state index >= 15 is 0 Å². The van der Waals surface area contributed by atoms with Crippen LogP contribution in [-0.4, -0.2) is 70.6 Å². The number of aromatic nitrogens is 2. The summed E-state index contributed by atoms with van der Waals surface area (Å²) >= 11 is 5.71. The van der Waals surface area contributed by atoms with Gasteiger partial charge in [0.1, 0.15) is 5.82 Å². The minimum Gasteiger partial charge on any atom is -0.394 e. The van der Waals surface area contributed by atoms with E-state index in [1.807, 2.05) is 0 Å². The van der Waals surface area contributed by atoms with Gasteiger partial charge >= 0.3 is 6.03 Å². The third kappa shape index (κ3) is 6.04. The molecule has 1 aliphatic rings. The quantitative estimate of drug-likeness (QED) is 0.444. The Labute approximate surface area is 190 Å². The highest BCUT2D eigenvalue weighted by Gasteiger charge is 2.25.